The Hall–Kier alpha value is -3.71. The SMILES string of the molecule is CN1C(=O)C(c2cccc(-c3ccc(F)nc3)c2)(c2cccc(C3COCCN3S(=O)(=O)O)c2)N=C1N. The number of rotatable bonds is 5. The van der Waals surface area contributed by atoms with Crippen molar-refractivity contribution in [3.05, 3.63) is 89.5 Å². The summed E-state index contributed by atoms with van der Waals surface area (Å²) in [6.07, 6.45) is 1.40. The Morgan fingerprint density at radius 1 is 1.11 bits per heavy atom. The fraction of sp³-hybridized carbons (Fsp3) is 0.240. The zero-order valence-electron chi connectivity index (χ0n) is 19.8. The molecule has 3 aromatic rings. The van der Waals surface area contributed by atoms with Gasteiger partial charge in [0.05, 0.1) is 19.3 Å². The van der Waals surface area contributed by atoms with Gasteiger partial charge in [-0.3, -0.25) is 14.2 Å². The second-order valence-electron chi connectivity index (χ2n) is 8.80. The van der Waals surface area contributed by atoms with Crippen molar-refractivity contribution in [2.45, 2.75) is 11.6 Å². The van der Waals surface area contributed by atoms with Crippen LogP contribution in [0.2, 0.25) is 0 Å². The lowest BCUT2D eigenvalue weighted by atomic mass is 9.81. The van der Waals surface area contributed by atoms with Crippen molar-refractivity contribution in [2.24, 2.45) is 10.7 Å². The Morgan fingerprint density at radius 2 is 1.84 bits per heavy atom. The predicted octanol–water partition coefficient (Wildman–Crippen LogP) is 2.09. The van der Waals surface area contributed by atoms with E-state index in [0.717, 1.165) is 4.31 Å². The number of benzene rings is 2. The standard InChI is InChI=1S/C25H24FN5O5S/c1-30-23(32)25(29-24(30)27,19-6-2-4-16(12-19)18-8-9-22(26)28-14-18)20-7-3-5-17(13-20)21-15-36-11-10-31(21)37(33,34)35/h2-9,12-14,21H,10-11,15H2,1H3,(H2,27,29)(H,33,34,35). The third-order valence-corrected chi connectivity index (χ3v) is 7.68. The van der Waals surface area contributed by atoms with E-state index in [1.165, 1.54) is 24.2 Å². The molecule has 5 rings (SSSR count). The Kier molecular flexibility index (Phi) is 6.28. The van der Waals surface area contributed by atoms with E-state index < -0.39 is 33.7 Å². The van der Waals surface area contributed by atoms with Crippen LogP contribution in [-0.2, 0) is 25.4 Å². The molecule has 1 fully saturated rings. The number of amides is 1. The van der Waals surface area contributed by atoms with Crippen molar-refractivity contribution in [1.29, 1.82) is 0 Å². The number of aromatic nitrogens is 1. The number of nitrogens with zero attached hydrogens (tertiary/aromatic N) is 4. The van der Waals surface area contributed by atoms with Gasteiger partial charge in [0.2, 0.25) is 5.95 Å². The van der Waals surface area contributed by atoms with Crippen LogP contribution >= 0.6 is 0 Å². The number of guanidine groups is 1. The number of likely N-dealkylation sites (N-methyl/N-ethyl adjacent to an activating group) is 1. The number of carbonyl (C=O) groups is 1. The molecule has 192 valence electrons. The molecule has 0 bridgehead atoms. The number of ether oxygens (including phenoxy) is 1. The molecule has 10 nitrogen and oxygen atoms in total. The van der Waals surface area contributed by atoms with Crippen molar-refractivity contribution in [1.82, 2.24) is 14.2 Å². The molecule has 0 radical (unpaired) electrons. The Balaban J connectivity index is 1.66. The van der Waals surface area contributed by atoms with Gasteiger partial charge in [-0.2, -0.15) is 17.1 Å². The first-order valence-corrected chi connectivity index (χ1v) is 12.8. The van der Waals surface area contributed by atoms with E-state index in [2.05, 4.69) is 9.98 Å². The topological polar surface area (TPSA) is 138 Å². The first kappa shape index (κ1) is 25.0. The lowest BCUT2D eigenvalue weighted by Crippen LogP contribution is -2.43. The van der Waals surface area contributed by atoms with Gasteiger partial charge in [-0.25, -0.2) is 9.98 Å². The van der Waals surface area contributed by atoms with Gasteiger partial charge in [0.1, 0.15) is 0 Å². The predicted molar refractivity (Wildman–Crippen MR) is 133 cm³/mol. The highest BCUT2D eigenvalue weighted by molar-refractivity contribution is 7.83. The Bertz CT molecular complexity index is 1500. The molecule has 1 amide bonds. The normalized spacial score (nSPS) is 22.8. The third-order valence-electron chi connectivity index (χ3n) is 6.65. The van der Waals surface area contributed by atoms with E-state index in [4.69, 9.17) is 10.5 Å². The van der Waals surface area contributed by atoms with Crippen molar-refractivity contribution in [3.63, 3.8) is 0 Å². The van der Waals surface area contributed by atoms with Gasteiger partial charge in [0.15, 0.2) is 11.5 Å². The van der Waals surface area contributed by atoms with Crippen LogP contribution in [0.3, 0.4) is 0 Å². The zero-order chi connectivity index (χ0) is 26.4. The van der Waals surface area contributed by atoms with Crippen molar-refractivity contribution < 1.29 is 26.9 Å². The number of pyridine rings is 1. The summed E-state index contributed by atoms with van der Waals surface area (Å²) in [5, 5.41) is 0. The van der Waals surface area contributed by atoms with E-state index in [1.807, 2.05) is 6.07 Å². The summed E-state index contributed by atoms with van der Waals surface area (Å²) in [5.74, 6) is -0.989. The van der Waals surface area contributed by atoms with Crippen LogP contribution in [0.4, 0.5) is 4.39 Å². The highest BCUT2D eigenvalue weighted by Crippen LogP contribution is 2.41. The molecular formula is C25H24FN5O5S. The number of hydrogen-bond acceptors (Lipinski definition) is 7. The van der Waals surface area contributed by atoms with Crippen LogP contribution in [0.1, 0.15) is 22.7 Å². The first-order valence-electron chi connectivity index (χ1n) is 11.4. The fourth-order valence-corrected chi connectivity index (χ4v) is 5.56. The average Bonchev–Trinajstić information content (AvgIpc) is 3.13. The molecule has 1 saturated heterocycles. The van der Waals surface area contributed by atoms with Crippen LogP contribution in [0.5, 0.6) is 0 Å². The molecule has 0 saturated carbocycles. The molecule has 0 aliphatic carbocycles. The molecule has 3 N–H and O–H groups in total. The molecule has 2 unspecified atom stereocenters. The molecule has 1 aromatic heterocycles. The lowest BCUT2D eigenvalue weighted by Gasteiger charge is -2.33. The Morgan fingerprint density at radius 3 is 2.49 bits per heavy atom. The second-order valence-corrected chi connectivity index (χ2v) is 10.2. The van der Waals surface area contributed by atoms with Crippen LogP contribution in [0.15, 0.2) is 71.9 Å². The van der Waals surface area contributed by atoms with E-state index in [-0.39, 0.29) is 25.7 Å². The summed E-state index contributed by atoms with van der Waals surface area (Å²) in [5.41, 5.74) is 7.37. The van der Waals surface area contributed by atoms with Crippen molar-refractivity contribution in [3.8, 4) is 11.1 Å². The maximum atomic E-state index is 13.7. The molecule has 3 heterocycles. The maximum Gasteiger partial charge on any atom is 0.336 e. The largest absolute Gasteiger partial charge is 0.378 e. The van der Waals surface area contributed by atoms with Gasteiger partial charge in [0.25, 0.3) is 5.91 Å². The number of morpholine rings is 1. The number of hydrogen-bond donors (Lipinski definition) is 2. The number of nitrogens with two attached hydrogens (primary N) is 1. The minimum absolute atomic E-state index is 0.0145. The molecule has 2 aliphatic rings. The van der Waals surface area contributed by atoms with E-state index in [1.54, 1.807) is 48.5 Å². The van der Waals surface area contributed by atoms with Gasteiger partial charge >= 0.3 is 10.3 Å². The minimum atomic E-state index is -4.49. The quantitative estimate of drug-likeness (QED) is 0.384. The smallest absolute Gasteiger partial charge is 0.336 e. The zero-order valence-corrected chi connectivity index (χ0v) is 20.6. The maximum absolute atomic E-state index is 13.7. The summed E-state index contributed by atoms with van der Waals surface area (Å²) in [7, 11) is -2.97. The van der Waals surface area contributed by atoms with E-state index in [0.29, 0.717) is 27.8 Å². The fourth-order valence-electron chi connectivity index (χ4n) is 4.75. The third kappa shape index (κ3) is 4.37. The molecular weight excluding hydrogens is 501 g/mol. The number of halogens is 1. The summed E-state index contributed by atoms with van der Waals surface area (Å²) >= 11 is 0. The summed E-state index contributed by atoms with van der Waals surface area (Å²) in [4.78, 5) is 23.3. The van der Waals surface area contributed by atoms with Gasteiger partial charge in [-0.05, 0) is 40.5 Å². The lowest BCUT2D eigenvalue weighted by molar-refractivity contribution is -0.129. The Labute approximate surface area is 213 Å². The van der Waals surface area contributed by atoms with E-state index in [9.17, 15) is 22.2 Å². The molecule has 37 heavy (non-hydrogen) atoms. The molecule has 12 heteroatoms. The highest BCUT2D eigenvalue weighted by atomic mass is 32.2. The van der Waals surface area contributed by atoms with Crippen molar-refractivity contribution >= 4 is 22.2 Å². The highest BCUT2D eigenvalue weighted by Gasteiger charge is 2.50. The first-order chi connectivity index (χ1) is 17.6. The van der Waals surface area contributed by atoms with E-state index >= 15 is 0 Å². The van der Waals surface area contributed by atoms with Gasteiger partial charge in [-0.1, -0.05) is 42.5 Å². The van der Waals surface area contributed by atoms with Crippen LogP contribution in [0.25, 0.3) is 11.1 Å². The minimum Gasteiger partial charge on any atom is -0.378 e. The summed E-state index contributed by atoms with van der Waals surface area (Å²) in [6, 6.07) is 15.9. The van der Waals surface area contributed by atoms with Crippen LogP contribution < -0.4 is 5.73 Å². The molecule has 2 atom stereocenters. The average molecular weight is 526 g/mol. The molecule has 2 aliphatic heterocycles. The monoisotopic (exact) mass is 525 g/mol. The molecule has 2 aromatic carbocycles. The number of aliphatic imine (C=N–C) groups is 1. The van der Waals surface area contributed by atoms with Gasteiger partial charge in [0, 0.05) is 25.4 Å². The molecule has 0 spiro atoms. The van der Waals surface area contributed by atoms with Crippen molar-refractivity contribution in [2.75, 3.05) is 26.8 Å². The van der Waals surface area contributed by atoms with Gasteiger partial charge < -0.3 is 10.5 Å². The van der Waals surface area contributed by atoms with Crippen LogP contribution in [0, 0.1) is 5.95 Å². The van der Waals surface area contributed by atoms with Crippen LogP contribution in [-0.4, -0.2) is 65.8 Å². The summed E-state index contributed by atoms with van der Waals surface area (Å²) in [6.45, 7) is 0.164. The summed E-state index contributed by atoms with van der Waals surface area (Å²) < 4.78 is 53.7. The van der Waals surface area contributed by atoms with Gasteiger partial charge in [-0.15, -0.1) is 0 Å². The second kappa shape index (κ2) is 9.30. The number of carbonyl (C=O) groups excluding carboxylic acids is 1.